The van der Waals surface area contributed by atoms with Crippen molar-refractivity contribution in [2.45, 2.75) is 19.6 Å². The maximum Gasteiger partial charge on any atom is 0.339 e. The van der Waals surface area contributed by atoms with Crippen LogP contribution in [0.1, 0.15) is 34.1 Å². The molecule has 2 aromatic carbocycles. The fraction of sp³-hybridized carbons (Fsp3) is 0.200. The van der Waals surface area contributed by atoms with Crippen LogP contribution in [0.4, 0.5) is 5.69 Å². The van der Waals surface area contributed by atoms with Crippen molar-refractivity contribution in [3.8, 4) is 11.5 Å². The van der Waals surface area contributed by atoms with Gasteiger partial charge < -0.3 is 25.0 Å². The normalized spacial score (nSPS) is 17.1. The number of hydrogen-bond donors (Lipinski definition) is 3. The number of Topliss-reactive ketones (excluding diaryl/α,β-unsaturated/α-hetero) is 1. The second-order valence-corrected chi connectivity index (χ2v) is 6.51. The maximum atomic E-state index is 12.9. The minimum Gasteiger partial charge on any atom is -0.507 e. The lowest BCUT2D eigenvalue weighted by atomic mass is 10.00. The molecule has 28 heavy (non-hydrogen) atoms. The molecule has 8 heteroatoms. The maximum absolute atomic E-state index is 12.9. The second-order valence-electron chi connectivity index (χ2n) is 6.07. The van der Waals surface area contributed by atoms with Crippen LogP contribution >= 0.6 is 11.6 Å². The summed E-state index contributed by atoms with van der Waals surface area (Å²) in [6, 6.07) is 8.76. The van der Waals surface area contributed by atoms with Crippen LogP contribution in [-0.2, 0) is 4.74 Å². The third kappa shape index (κ3) is 4.11. The van der Waals surface area contributed by atoms with Gasteiger partial charge in [0.2, 0.25) is 12.1 Å². The van der Waals surface area contributed by atoms with Crippen LogP contribution in [0.5, 0.6) is 11.5 Å². The molecule has 1 aliphatic rings. The van der Waals surface area contributed by atoms with Gasteiger partial charge in [-0.05, 0) is 36.8 Å². The minimum absolute atomic E-state index is 0.219. The summed E-state index contributed by atoms with van der Waals surface area (Å²) in [5.74, 6) is -1.54. The van der Waals surface area contributed by atoms with Gasteiger partial charge in [0.15, 0.2) is 0 Å². The smallest absolute Gasteiger partial charge is 0.339 e. The van der Waals surface area contributed by atoms with E-state index in [0.29, 0.717) is 28.6 Å². The summed E-state index contributed by atoms with van der Waals surface area (Å²) >= 11 is 5.99. The van der Waals surface area contributed by atoms with E-state index in [9.17, 15) is 14.7 Å². The highest BCUT2D eigenvalue weighted by molar-refractivity contribution is 6.31. The third-order valence-corrected chi connectivity index (χ3v) is 4.27. The Bertz CT molecular complexity index is 956. The molecule has 0 saturated carbocycles. The van der Waals surface area contributed by atoms with Crippen molar-refractivity contribution in [1.29, 1.82) is 0 Å². The largest absolute Gasteiger partial charge is 0.507 e. The van der Waals surface area contributed by atoms with E-state index in [2.05, 4.69) is 5.32 Å². The molecule has 3 rings (SSSR count). The molecule has 0 saturated heterocycles. The summed E-state index contributed by atoms with van der Waals surface area (Å²) in [5, 5.41) is 22.1. The number of rotatable bonds is 6. The highest BCUT2D eigenvalue weighted by Gasteiger charge is 2.32. The molecule has 0 amide bonds. The molecule has 0 fully saturated rings. The number of fused-ring (bicyclic) bond motifs is 1. The Kier molecular flexibility index (Phi) is 5.87. The van der Waals surface area contributed by atoms with E-state index < -0.39 is 18.0 Å². The standard InChI is InChI=1S/C20H18ClNO6/c1-2-7-27-20-15(18(24)14-8-11(21)3-6-17(14)28-20)10-22-12-4-5-13(19(25)26)16(23)9-12/h3-6,8-10,20,22-23H,2,7H2,1H3,(H,25,26)/b15-10+. The minimum atomic E-state index is -1.24. The number of anilines is 1. The van der Waals surface area contributed by atoms with Gasteiger partial charge in [-0.15, -0.1) is 0 Å². The van der Waals surface area contributed by atoms with Gasteiger partial charge >= 0.3 is 5.97 Å². The van der Waals surface area contributed by atoms with Gasteiger partial charge in [0.25, 0.3) is 0 Å². The molecular weight excluding hydrogens is 386 g/mol. The number of carboxylic acids is 1. The number of aromatic carboxylic acids is 1. The Balaban J connectivity index is 1.91. The van der Waals surface area contributed by atoms with Crippen molar-refractivity contribution in [2.24, 2.45) is 0 Å². The fourth-order valence-corrected chi connectivity index (χ4v) is 2.84. The predicted molar refractivity (Wildman–Crippen MR) is 103 cm³/mol. The summed E-state index contributed by atoms with van der Waals surface area (Å²) in [6.45, 7) is 2.33. The Labute approximate surface area is 166 Å². The summed E-state index contributed by atoms with van der Waals surface area (Å²) in [6.07, 6.45) is 1.26. The molecule has 1 atom stereocenters. The number of ether oxygens (including phenoxy) is 2. The number of aromatic hydroxyl groups is 1. The van der Waals surface area contributed by atoms with E-state index in [-0.39, 0.29) is 16.9 Å². The fourth-order valence-electron chi connectivity index (χ4n) is 2.67. The monoisotopic (exact) mass is 403 g/mol. The zero-order chi connectivity index (χ0) is 20.3. The van der Waals surface area contributed by atoms with Gasteiger partial charge in [0.05, 0.1) is 17.7 Å². The number of hydrogen-bond acceptors (Lipinski definition) is 6. The summed E-state index contributed by atoms with van der Waals surface area (Å²) in [4.78, 5) is 23.9. The van der Waals surface area contributed by atoms with Crippen LogP contribution in [0.15, 0.2) is 48.2 Å². The average Bonchev–Trinajstić information content (AvgIpc) is 2.66. The molecule has 0 bridgehead atoms. The van der Waals surface area contributed by atoms with E-state index in [1.54, 1.807) is 12.1 Å². The zero-order valence-corrected chi connectivity index (χ0v) is 15.7. The molecule has 0 spiro atoms. The summed E-state index contributed by atoms with van der Waals surface area (Å²) in [5.41, 5.74) is 0.725. The quantitative estimate of drug-likeness (QED) is 0.624. The molecule has 1 heterocycles. The number of carbonyl (C=O) groups is 2. The van der Waals surface area contributed by atoms with E-state index in [1.165, 1.54) is 30.5 Å². The Morgan fingerprint density at radius 2 is 2.11 bits per heavy atom. The second kappa shape index (κ2) is 8.33. The topological polar surface area (TPSA) is 105 Å². The molecule has 0 aliphatic carbocycles. The molecule has 0 radical (unpaired) electrons. The van der Waals surface area contributed by atoms with Crippen LogP contribution in [0.25, 0.3) is 0 Å². The number of halogens is 1. The van der Waals surface area contributed by atoms with Gasteiger partial charge in [-0.3, -0.25) is 4.79 Å². The highest BCUT2D eigenvalue weighted by Crippen LogP contribution is 2.33. The predicted octanol–water partition coefficient (Wildman–Crippen LogP) is 4.07. The molecule has 7 nitrogen and oxygen atoms in total. The van der Waals surface area contributed by atoms with Crippen molar-refractivity contribution in [3.05, 3.63) is 64.3 Å². The lowest BCUT2D eigenvalue weighted by Gasteiger charge is -2.27. The van der Waals surface area contributed by atoms with Gasteiger partial charge in [-0.2, -0.15) is 0 Å². The SMILES string of the molecule is CCCOC1Oc2ccc(Cl)cc2C(=O)/C1=C\Nc1ccc(C(=O)O)c(O)c1. The summed E-state index contributed by atoms with van der Waals surface area (Å²) < 4.78 is 11.5. The van der Waals surface area contributed by atoms with E-state index in [0.717, 1.165) is 6.42 Å². The number of ketones is 1. The van der Waals surface area contributed by atoms with Crippen molar-refractivity contribution >= 4 is 29.0 Å². The first-order chi connectivity index (χ1) is 13.4. The molecule has 1 aliphatic heterocycles. The van der Waals surface area contributed by atoms with Crippen LogP contribution in [0, 0.1) is 0 Å². The van der Waals surface area contributed by atoms with Crippen LogP contribution in [0.3, 0.4) is 0 Å². The average molecular weight is 404 g/mol. The van der Waals surface area contributed by atoms with Gasteiger partial charge in [0.1, 0.15) is 17.1 Å². The molecule has 2 aromatic rings. The van der Waals surface area contributed by atoms with Crippen LogP contribution < -0.4 is 10.1 Å². The van der Waals surface area contributed by atoms with E-state index in [1.807, 2.05) is 6.92 Å². The van der Waals surface area contributed by atoms with Crippen LogP contribution in [0.2, 0.25) is 5.02 Å². The Morgan fingerprint density at radius 1 is 1.32 bits per heavy atom. The molecule has 1 unspecified atom stereocenters. The number of carbonyl (C=O) groups excluding carboxylic acids is 1. The first-order valence-corrected chi connectivity index (χ1v) is 8.94. The molecule has 3 N–H and O–H groups in total. The van der Waals surface area contributed by atoms with Gasteiger partial charge in [0, 0.05) is 23.0 Å². The van der Waals surface area contributed by atoms with E-state index >= 15 is 0 Å². The Hall–Kier alpha value is -3.03. The lowest BCUT2D eigenvalue weighted by Crippen LogP contribution is -2.33. The van der Waals surface area contributed by atoms with Gasteiger partial charge in [-0.1, -0.05) is 18.5 Å². The highest BCUT2D eigenvalue weighted by atomic mass is 35.5. The van der Waals surface area contributed by atoms with Gasteiger partial charge in [-0.25, -0.2) is 4.79 Å². The number of benzene rings is 2. The Morgan fingerprint density at radius 3 is 2.79 bits per heavy atom. The zero-order valence-electron chi connectivity index (χ0n) is 14.9. The lowest BCUT2D eigenvalue weighted by molar-refractivity contribution is -0.0559. The van der Waals surface area contributed by atoms with Crippen molar-refractivity contribution in [3.63, 3.8) is 0 Å². The molecular formula is C20H18ClNO6. The van der Waals surface area contributed by atoms with Crippen molar-refractivity contribution in [2.75, 3.05) is 11.9 Å². The first-order valence-electron chi connectivity index (χ1n) is 8.56. The number of nitrogens with one attached hydrogen (secondary N) is 1. The van der Waals surface area contributed by atoms with Crippen molar-refractivity contribution in [1.82, 2.24) is 0 Å². The number of phenols is 1. The summed E-state index contributed by atoms with van der Waals surface area (Å²) in [7, 11) is 0. The third-order valence-electron chi connectivity index (χ3n) is 4.03. The first kappa shape index (κ1) is 19.7. The molecule has 146 valence electrons. The van der Waals surface area contributed by atoms with E-state index in [4.69, 9.17) is 26.2 Å². The molecule has 0 aromatic heterocycles. The van der Waals surface area contributed by atoms with Crippen molar-refractivity contribution < 1.29 is 29.3 Å². The van der Waals surface area contributed by atoms with Crippen LogP contribution in [-0.4, -0.2) is 34.9 Å². The number of carboxylic acid groups (broad SMARTS) is 1.